The molecule has 7 nitrogen and oxygen atoms in total. The van der Waals surface area contributed by atoms with Crippen molar-refractivity contribution in [2.75, 3.05) is 5.32 Å². The average Bonchev–Trinajstić information content (AvgIpc) is 3.16. The van der Waals surface area contributed by atoms with Gasteiger partial charge in [0.25, 0.3) is 5.91 Å². The minimum Gasteiger partial charge on any atom is -0.305 e. The molecule has 0 aliphatic heterocycles. The van der Waals surface area contributed by atoms with E-state index < -0.39 is 0 Å². The summed E-state index contributed by atoms with van der Waals surface area (Å²) in [7, 11) is 1.89. The first-order valence-electron chi connectivity index (χ1n) is 9.16. The molecule has 1 N–H and O–H groups in total. The standard InChI is InChI=1S/C22H20N6O/c1-14-4-5-16(19-7-9-28(3)27-19)10-17(14)20-12-25-21(13-24-20)26-22(29)18-11-23-8-6-15(18)2/h4-13H,1-3H3,(H,25,26,29). The Kier molecular flexibility index (Phi) is 4.87. The van der Waals surface area contributed by atoms with Crippen LogP contribution in [-0.2, 0) is 7.05 Å². The predicted molar refractivity (Wildman–Crippen MR) is 111 cm³/mol. The summed E-state index contributed by atoms with van der Waals surface area (Å²) in [6.45, 7) is 3.89. The lowest BCUT2D eigenvalue weighted by atomic mass is 10.0. The number of aryl methyl sites for hydroxylation is 3. The Bertz CT molecular complexity index is 1180. The Morgan fingerprint density at radius 3 is 2.52 bits per heavy atom. The van der Waals surface area contributed by atoms with Crippen LogP contribution in [0.1, 0.15) is 21.5 Å². The molecule has 0 aliphatic rings. The number of nitrogens with one attached hydrogen (secondary N) is 1. The number of benzene rings is 1. The topological polar surface area (TPSA) is 85.6 Å². The van der Waals surface area contributed by atoms with Crippen molar-refractivity contribution in [2.45, 2.75) is 13.8 Å². The zero-order chi connectivity index (χ0) is 20.4. The maximum atomic E-state index is 12.4. The van der Waals surface area contributed by atoms with Crippen LogP contribution in [0, 0.1) is 13.8 Å². The highest BCUT2D eigenvalue weighted by Gasteiger charge is 2.12. The van der Waals surface area contributed by atoms with Crippen molar-refractivity contribution in [1.29, 1.82) is 0 Å². The molecule has 0 unspecified atom stereocenters. The number of hydrogen-bond donors (Lipinski definition) is 1. The summed E-state index contributed by atoms with van der Waals surface area (Å²) in [5.41, 5.74) is 6.07. The summed E-state index contributed by atoms with van der Waals surface area (Å²) >= 11 is 0. The van der Waals surface area contributed by atoms with Crippen molar-refractivity contribution in [3.05, 3.63) is 78.0 Å². The second kappa shape index (κ2) is 7.63. The number of anilines is 1. The fourth-order valence-corrected chi connectivity index (χ4v) is 3.04. The molecule has 29 heavy (non-hydrogen) atoms. The first kappa shape index (κ1) is 18.5. The third-order valence-electron chi connectivity index (χ3n) is 4.70. The van der Waals surface area contributed by atoms with Crippen LogP contribution in [-0.4, -0.2) is 30.6 Å². The van der Waals surface area contributed by atoms with E-state index in [0.29, 0.717) is 11.4 Å². The van der Waals surface area contributed by atoms with Gasteiger partial charge in [-0.2, -0.15) is 5.10 Å². The van der Waals surface area contributed by atoms with E-state index in [4.69, 9.17) is 0 Å². The molecule has 0 bridgehead atoms. The van der Waals surface area contributed by atoms with Gasteiger partial charge in [-0.25, -0.2) is 4.98 Å². The van der Waals surface area contributed by atoms with Gasteiger partial charge in [0.15, 0.2) is 5.82 Å². The van der Waals surface area contributed by atoms with Crippen LogP contribution in [0.2, 0.25) is 0 Å². The van der Waals surface area contributed by atoms with Crippen LogP contribution >= 0.6 is 0 Å². The minimum absolute atomic E-state index is 0.258. The number of nitrogens with zero attached hydrogens (tertiary/aromatic N) is 5. The summed E-state index contributed by atoms with van der Waals surface area (Å²) in [6.07, 6.45) is 8.33. The van der Waals surface area contributed by atoms with E-state index in [1.807, 2.05) is 45.3 Å². The van der Waals surface area contributed by atoms with E-state index in [2.05, 4.69) is 31.4 Å². The van der Waals surface area contributed by atoms with Crippen molar-refractivity contribution >= 4 is 11.7 Å². The maximum Gasteiger partial charge on any atom is 0.258 e. The highest BCUT2D eigenvalue weighted by molar-refractivity contribution is 6.04. The Balaban J connectivity index is 1.58. The molecule has 0 atom stereocenters. The number of carbonyl (C=O) groups excluding carboxylic acids is 1. The number of carbonyl (C=O) groups is 1. The third-order valence-corrected chi connectivity index (χ3v) is 4.70. The fraction of sp³-hybridized carbons (Fsp3) is 0.136. The summed E-state index contributed by atoms with van der Waals surface area (Å²) in [5.74, 6) is 0.131. The third kappa shape index (κ3) is 3.89. The number of hydrogen-bond acceptors (Lipinski definition) is 5. The molecule has 144 valence electrons. The molecule has 0 saturated heterocycles. The second-order valence-corrected chi connectivity index (χ2v) is 6.84. The van der Waals surface area contributed by atoms with Crippen molar-refractivity contribution in [1.82, 2.24) is 24.7 Å². The molecular formula is C22H20N6O. The van der Waals surface area contributed by atoms with Crippen molar-refractivity contribution < 1.29 is 4.79 Å². The van der Waals surface area contributed by atoms with Crippen molar-refractivity contribution in [3.63, 3.8) is 0 Å². The maximum absolute atomic E-state index is 12.4. The van der Waals surface area contributed by atoms with Gasteiger partial charge >= 0.3 is 0 Å². The average molecular weight is 384 g/mol. The van der Waals surface area contributed by atoms with Gasteiger partial charge in [0.2, 0.25) is 0 Å². The number of aromatic nitrogens is 5. The Hall–Kier alpha value is -3.87. The van der Waals surface area contributed by atoms with E-state index in [1.54, 1.807) is 35.5 Å². The van der Waals surface area contributed by atoms with E-state index in [9.17, 15) is 4.79 Å². The Labute approximate surface area is 168 Å². The highest BCUT2D eigenvalue weighted by Crippen LogP contribution is 2.27. The van der Waals surface area contributed by atoms with Crippen molar-refractivity contribution in [2.24, 2.45) is 7.05 Å². The molecule has 1 aromatic carbocycles. The van der Waals surface area contributed by atoms with Gasteiger partial charge in [0.05, 0.1) is 29.3 Å². The minimum atomic E-state index is -0.258. The quantitative estimate of drug-likeness (QED) is 0.578. The number of amides is 1. The molecule has 0 saturated carbocycles. The molecule has 7 heteroatoms. The second-order valence-electron chi connectivity index (χ2n) is 6.84. The molecule has 1 amide bonds. The Morgan fingerprint density at radius 1 is 0.966 bits per heavy atom. The van der Waals surface area contributed by atoms with Crippen LogP contribution in [0.3, 0.4) is 0 Å². The van der Waals surface area contributed by atoms with Crippen molar-refractivity contribution in [3.8, 4) is 22.5 Å². The SMILES string of the molecule is Cc1ccncc1C(=O)Nc1cnc(-c2cc(-c3ccn(C)n3)ccc2C)cn1. The number of pyridine rings is 1. The zero-order valence-corrected chi connectivity index (χ0v) is 16.4. The summed E-state index contributed by atoms with van der Waals surface area (Å²) in [4.78, 5) is 25.3. The van der Waals surface area contributed by atoms with Gasteiger partial charge in [-0.3, -0.25) is 19.4 Å². The van der Waals surface area contributed by atoms with Gasteiger partial charge in [0.1, 0.15) is 0 Å². The van der Waals surface area contributed by atoms with Gasteiger partial charge < -0.3 is 5.32 Å². The van der Waals surface area contributed by atoms with Gasteiger partial charge in [0, 0.05) is 36.8 Å². The molecular weight excluding hydrogens is 364 g/mol. The summed E-state index contributed by atoms with van der Waals surface area (Å²) in [5, 5.41) is 7.22. The smallest absolute Gasteiger partial charge is 0.258 e. The lowest BCUT2D eigenvalue weighted by molar-refractivity contribution is 0.102. The van der Waals surface area contributed by atoms with Gasteiger partial charge in [-0.1, -0.05) is 12.1 Å². The lowest BCUT2D eigenvalue weighted by Gasteiger charge is -2.09. The lowest BCUT2D eigenvalue weighted by Crippen LogP contribution is -2.14. The van der Waals surface area contributed by atoms with E-state index in [0.717, 1.165) is 33.6 Å². The monoisotopic (exact) mass is 384 g/mol. The van der Waals surface area contributed by atoms with E-state index >= 15 is 0 Å². The normalized spacial score (nSPS) is 10.7. The fourth-order valence-electron chi connectivity index (χ4n) is 3.04. The summed E-state index contributed by atoms with van der Waals surface area (Å²) in [6, 6.07) is 9.90. The first-order valence-corrected chi connectivity index (χ1v) is 9.16. The summed E-state index contributed by atoms with van der Waals surface area (Å²) < 4.78 is 1.77. The van der Waals surface area contributed by atoms with Gasteiger partial charge in [-0.05, 0) is 43.2 Å². The van der Waals surface area contributed by atoms with Crippen LogP contribution in [0.4, 0.5) is 5.82 Å². The van der Waals surface area contributed by atoms with E-state index in [-0.39, 0.29) is 5.91 Å². The Morgan fingerprint density at radius 2 is 1.83 bits per heavy atom. The molecule has 0 aliphatic carbocycles. The predicted octanol–water partition coefficient (Wildman–Crippen LogP) is 3.81. The van der Waals surface area contributed by atoms with E-state index in [1.165, 1.54) is 0 Å². The largest absolute Gasteiger partial charge is 0.305 e. The highest BCUT2D eigenvalue weighted by atomic mass is 16.1. The molecule has 0 fully saturated rings. The molecule has 3 aromatic heterocycles. The van der Waals surface area contributed by atoms with Crippen LogP contribution in [0.5, 0.6) is 0 Å². The van der Waals surface area contributed by atoms with Crippen LogP contribution in [0.25, 0.3) is 22.5 Å². The molecule has 0 spiro atoms. The van der Waals surface area contributed by atoms with Crippen LogP contribution in [0.15, 0.2) is 61.3 Å². The molecule has 4 rings (SSSR count). The molecule has 0 radical (unpaired) electrons. The first-order chi connectivity index (χ1) is 14.0. The zero-order valence-electron chi connectivity index (χ0n) is 16.4. The van der Waals surface area contributed by atoms with Gasteiger partial charge in [-0.15, -0.1) is 0 Å². The van der Waals surface area contributed by atoms with Crippen LogP contribution < -0.4 is 5.32 Å². The molecule has 3 heterocycles. The number of rotatable bonds is 4. The molecule has 4 aromatic rings.